The molecule has 0 unspecified atom stereocenters. The Kier molecular flexibility index (Phi) is 3.68. The van der Waals surface area contributed by atoms with E-state index >= 15 is 0 Å². The van der Waals surface area contributed by atoms with Gasteiger partial charge in [-0.3, -0.25) is 0 Å². The third-order valence-electron chi connectivity index (χ3n) is 3.85. The van der Waals surface area contributed by atoms with Gasteiger partial charge in [0.1, 0.15) is 11.6 Å². The summed E-state index contributed by atoms with van der Waals surface area (Å²) in [6, 6.07) is 3.09. The molecule has 0 atom stereocenters. The molecule has 2 aromatic rings. The minimum absolute atomic E-state index is 0.152. The summed E-state index contributed by atoms with van der Waals surface area (Å²) in [5.41, 5.74) is 1.58. The summed E-state index contributed by atoms with van der Waals surface area (Å²) < 4.78 is 15.7. The van der Waals surface area contributed by atoms with Crippen molar-refractivity contribution in [3.8, 4) is 0 Å². The van der Waals surface area contributed by atoms with E-state index in [1.807, 2.05) is 0 Å². The first-order valence-corrected chi connectivity index (χ1v) is 7.50. The SMILES string of the molecule is Fc1cc2nc(CCCl)n(CC3CCC3)c2cc1Cl. The number of benzene rings is 1. The van der Waals surface area contributed by atoms with Gasteiger partial charge in [0.05, 0.1) is 16.1 Å². The Morgan fingerprint density at radius 1 is 1.37 bits per heavy atom. The molecule has 0 bridgehead atoms. The van der Waals surface area contributed by atoms with Crippen molar-refractivity contribution in [3.05, 3.63) is 28.8 Å². The third-order valence-corrected chi connectivity index (χ3v) is 4.33. The predicted molar refractivity (Wildman–Crippen MR) is 76.5 cm³/mol. The molecule has 102 valence electrons. The highest BCUT2D eigenvalue weighted by Crippen LogP contribution is 2.31. The number of aromatic nitrogens is 2. The van der Waals surface area contributed by atoms with Gasteiger partial charge in [0, 0.05) is 24.9 Å². The molecular weight excluding hydrogens is 286 g/mol. The maximum atomic E-state index is 13.5. The van der Waals surface area contributed by atoms with Crippen molar-refractivity contribution in [3.63, 3.8) is 0 Å². The highest BCUT2D eigenvalue weighted by Gasteiger charge is 2.21. The molecule has 19 heavy (non-hydrogen) atoms. The highest BCUT2D eigenvalue weighted by atomic mass is 35.5. The molecule has 3 rings (SSSR count). The zero-order valence-electron chi connectivity index (χ0n) is 10.5. The number of aryl methyl sites for hydroxylation is 1. The molecule has 1 saturated carbocycles. The predicted octanol–water partition coefficient (Wildman–Crippen LogP) is 4.41. The van der Waals surface area contributed by atoms with Crippen LogP contribution in [0.25, 0.3) is 11.0 Å². The molecule has 5 heteroatoms. The molecule has 0 aliphatic heterocycles. The van der Waals surface area contributed by atoms with Crippen molar-refractivity contribution in [2.24, 2.45) is 5.92 Å². The molecule has 0 spiro atoms. The van der Waals surface area contributed by atoms with Crippen LogP contribution in [0.1, 0.15) is 25.1 Å². The summed E-state index contributed by atoms with van der Waals surface area (Å²) in [7, 11) is 0. The Morgan fingerprint density at radius 3 is 2.79 bits per heavy atom. The summed E-state index contributed by atoms with van der Waals surface area (Å²) in [4.78, 5) is 4.50. The fourth-order valence-corrected chi connectivity index (χ4v) is 2.91. The Morgan fingerprint density at radius 2 is 2.16 bits per heavy atom. The van der Waals surface area contributed by atoms with Crippen LogP contribution in [0.2, 0.25) is 5.02 Å². The van der Waals surface area contributed by atoms with Gasteiger partial charge in [-0.05, 0) is 24.8 Å². The largest absolute Gasteiger partial charge is 0.328 e. The van der Waals surface area contributed by atoms with Crippen molar-refractivity contribution in [2.45, 2.75) is 32.2 Å². The highest BCUT2D eigenvalue weighted by molar-refractivity contribution is 6.31. The molecule has 0 N–H and O–H groups in total. The fourth-order valence-electron chi connectivity index (χ4n) is 2.58. The van der Waals surface area contributed by atoms with E-state index < -0.39 is 5.82 Å². The van der Waals surface area contributed by atoms with E-state index in [0.717, 1.165) is 17.9 Å². The summed E-state index contributed by atoms with van der Waals surface area (Å²) in [5, 5.41) is 0.152. The van der Waals surface area contributed by atoms with E-state index in [9.17, 15) is 4.39 Å². The number of hydrogen-bond donors (Lipinski definition) is 0. The van der Waals surface area contributed by atoms with Crippen LogP contribution in [0, 0.1) is 11.7 Å². The molecule has 0 amide bonds. The van der Waals surface area contributed by atoms with Crippen molar-refractivity contribution >= 4 is 34.2 Å². The van der Waals surface area contributed by atoms with Crippen molar-refractivity contribution < 1.29 is 4.39 Å². The van der Waals surface area contributed by atoms with Gasteiger partial charge >= 0.3 is 0 Å². The van der Waals surface area contributed by atoms with Crippen LogP contribution >= 0.6 is 23.2 Å². The maximum absolute atomic E-state index is 13.5. The molecule has 1 aliphatic rings. The Bertz CT molecular complexity index is 605. The number of fused-ring (bicyclic) bond motifs is 1. The normalized spacial score (nSPS) is 15.9. The second kappa shape index (κ2) is 5.29. The van der Waals surface area contributed by atoms with Gasteiger partial charge in [-0.1, -0.05) is 18.0 Å². The molecule has 1 aromatic carbocycles. The minimum Gasteiger partial charge on any atom is -0.328 e. The van der Waals surface area contributed by atoms with Crippen molar-refractivity contribution in [1.82, 2.24) is 9.55 Å². The second-order valence-electron chi connectivity index (χ2n) is 5.13. The molecule has 0 radical (unpaired) electrons. The average molecular weight is 301 g/mol. The number of nitrogens with zero attached hydrogens (tertiary/aromatic N) is 2. The van der Waals surface area contributed by atoms with Crippen LogP contribution < -0.4 is 0 Å². The van der Waals surface area contributed by atoms with Gasteiger partial charge in [0.25, 0.3) is 0 Å². The summed E-state index contributed by atoms with van der Waals surface area (Å²) in [5.74, 6) is 1.73. The monoisotopic (exact) mass is 300 g/mol. The minimum atomic E-state index is -0.417. The van der Waals surface area contributed by atoms with E-state index in [4.69, 9.17) is 23.2 Å². The third kappa shape index (κ3) is 2.46. The molecule has 1 aliphatic carbocycles. The lowest BCUT2D eigenvalue weighted by Gasteiger charge is -2.26. The van der Waals surface area contributed by atoms with E-state index in [1.54, 1.807) is 6.07 Å². The van der Waals surface area contributed by atoms with Gasteiger partial charge in [-0.15, -0.1) is 11.6 Å². The number of rotatable bonds is 4. The van der Waals surface area contributed by atoms with Gasteiger partial charge in [-0.2, -0.15) is 0 Å². The van der Waals surface area contributed by atoms with Crippen LogP contribution in [0.15, 0.2) is 12.1 Å². The standard InChI is InChI=1S/C14H15Cl2FN2/c15-5-4-14-18-12-7-11(17)10(16)6-13(12)19(14)8-9-2-1-3-9/h6-7,9H,1-5,8H2. The summed E-state index contributed by atoms with van der Waals surface area (Å²) in [6.45, 7) is 0.935. The first kappa shape index (κ1) is 13.2. The Hall–Kier alpha value is -0.800. The fraction of sp³-hybridized carbons (Fsp3) is 0.500. The number of imidazole rings is 1. The zero-order valence-corrected chi connectivity index (χ0v) is 12.0. The van der Waals surface area contributed by atoms with Crippen molar-refractivity contribution in [2.75, 3.05) is 5.88 Å². The smallest absolute Gasteiger partial charge is 0.144 e. The zero-order chi connectivity index (χ0) is 13.4. The van der Waals surface area contributed by atoms with Crippen LogP contribution in [0.4, 0.5) is 4.39 Å². The van der Waals surface area contributed by atoms with Crippen LogP contribution in [0.5, 0.6) is 0 Å². The summed E-state index contributed by atoms with van der Waals surface area (Å²) >= 11 is 11.7. The molecule has 1 fully saturated rings. The maximum Gasteiger partial charge on any atom is 0.144 e. The van der Waals surface area contributed by atoms with Crippen LogP contribution in [-0.4, -0.2) is 15.4 Å². The van der Waals surface area contributed by atoms with Gasteiger partial charge in [0.15, 0.2) is 0 Å². The lowest BCUT2D eigenvalue weighted by Crippen LogP contribution is -2.19. The van der Waals surface area contributed by atoms with Gasteiger partial charge < -0.3 is 4.57 Å². The first-order chi connectivity index (χ1) is 9.19. The lowest BCUT2D eigenvalue weighted by molar-refractivity contribution is 0.277. The molecular formula is C14H15Cl2FN2. The van der Waals surface area contributed by atoms with E-state index in [1.165, 1.54) is 25.3 Å². The van der Waals surface area contributed by atoms with E-state index in [2.05, 4.69) is 9.55 Å². The number of halogens is 3. The lowest BCUT2D eigenvalue weighted by atomic mass is 9.85. The molecule has 2 nitrogen and oxygen atoms in total. The first-order valence-electron chi connectivity index (χ1n) is 6.59. The van der Waals surface area contributed by atoms with Crippen LogP contribution in [0.3, 0.4) is 0 Å². The molecule has 1 aromatic heterocycles. The Balaban J connectivity index is 2.07. The average Bonchev–Trinajstić information content (AvgIpc) is 2.63. The van der Waals surface area contributed by atoms with E-state index in [-0.39, 0.29) is 5.02 Å². The summed E-state index contributed by atoms with van der Waals surface area (Å²) in [6.07, 6.45) is 4.52. The van der Waals surface area contributed by atoms with Crippen LogP contribution in [-0.2, 0) is 13.0 Å². The Labute approximate surface area is 121 Å². The van der Waals surface area contributed by atoms with Gasteiger partial charge in [-0.25, -0.2) is 9.37 Å². The molecule has 1 heterocycles. The quantitative estimate of drug-likeness (QED) is 0.765. The van der Waals surface area contributed by atoms with Crippen molar-refractivity contribution in [1.29, 1.82) is 0 Å². The number of alkyl halides is 1. The van der Waals surface area contributed by atoms with Gasteiger partial charge in [0.2, 0.25) is 0 Å². The topological polar surface area (TPSA) is 17.8 Å². The second-order valence-corrected chi connectivity index (χ2v) is 5.91. The van der Waals surface area contributed by atoms with E-state index in [0.29, 0.717) is 23.7 Å². The number of hydrogen-bond acceptors (Lipinski definition) is 1. The molecule has 0 saturated heterocycles.